The van der Waals surface area contributed by atoms with Gasteiger partial charge < -0.3 is 18.5 Å². The largest absolute Gasteiger partial charge is 0.466 e. The molecule has 5 rings (SSSR count). The van der Waals surface area contributed by atoms with Gasteiger partial charge in [-0.25, -0.2) is 0 Å². The van der Waals surface area contributed by atoms with Gasteiger partial charge in [0, 0.05) is 13.1 Å². The van der Waals surface area contributed by atoms with Gasteiger partial charge in [-0.15, -0.1) is 20.4 Å². The molecular formula is C22H24N6O3S. The molecule has 0 aliphatic carbocycles. The third-order valence-electron chi connectivity index (χ3n) is 5.24. The van der Waals surface area contributed by atoms with Gasteiger partial charge in [-0.3, -0.25) is 4.57 Å². The fourth-order valence-corrected chi connectivity index (χ4v) is 4.45. The predicted octanol–water partition coefficient (Wildman–Crippen LogP) is 3.72. The molecule has 1 aromatic carbocycles. The van der Waals surface area contributed by atoms with Gasteiger partial charge in [-0.2, -0.15) is 0 Å². The fraction of sp³-hybridized carbons (Fsp3) is 0.364. The van der Waals surface area contributed by atoms with Crippen LogP contribution < -0.4 is 4.90 Å². The summed E-state index contributed by atoms with van der Waals surface area (Å²) in [5.41, 5.74) is 2.02. The van der Waals surface area contributed by atoms with Crippen LogP contribution in [0.5, 0.6) is 0 Å². The number of rotatable bonds is 7. The van der Waals surface area contributed by atoms with Crippen LogP contribution in [0.4, 0.5) is 5.95 Å². The lowest BCUT2D eigenvalue weighted by Gasteiger charge is -2.28. The van der Waals surface area contributed by atoms with Crippen molar-refractivity contribution >= 4 is 17.7 Å². The van der Waals surface area contributed by atoms with Gasteiger partial charge in [0.1, 0.15) is 11.5 Å². The van der Waals surface area contributed by atoms with E-state index in [4.69, 9.17) is 13.6 Å². The lowest BCUT2D eigenvalue weighted by Crippen LogP contribution is -2.38. The molecule has 0 amide bonds. The summed E-state index contributed by atoms with van der Waals surface area (Å²) >= 11 is 1.53. The van der Waals surface area contributed by atoms with E-state index in [1.807, 2.05) is 38.1 Å². The molecule has 0 N–H and O–H groups in total. The average molecular weight is 453 g/mol. The molecule has 0 spiro atoms. The van der Waals surface area contributed by atoms with Crippen molar-refractivity contribution in [2.45, 2.75) is 31.3 Å². The number of hydrogen-bond acceptors (Lipinski definition) is 9. The first-order valence-electron chi connectivity index (χ1n) is 10.5. The van der Waals surface area contributed by atoms with Crippen molar-refractivity contribution in [2.75, 3.05) is 31.2 Å². The zero-order chi connectivity index (χ0) is 21.9. The summed E-state index contributed by atoms with van der Waals surface area (Å²) < 4.78 is 19.1. The molecule has 1 aliphatic rings. The first kappa shape index (κ1) is 20.8. The van der Waals surface area contributed by atoms with E-state index in [0.717, 1.165) is 41.3 Å². The Kier molecular flexibility index (Phi) is 5.95. The molecule has 3 aromatic heterocycles. The number of morpholine rings is 1. The summed E-state index contributed by atoms with van der Waals surface area (Å²) in [7, 11) is 0. The summed E-state index contributed by atoms with van der Waals surface area (Å²) in [6.07, 6.45) is 0. The summed E-state index contributed by atoms with van der Waals surface area (Å²) in [6, 6.07) is 12.2. The third kappa shape index (κ3) is 4.42. The number of hydrogen-bond donors (Lipinski definition) is 0. The second-order valence-electron chi connectivity index (χ2n) is 7.57. The molecule has 166 valence electrons. The average Bonchev–Trinajstić information content (AvgIpc) is 3.52. The van der Waals surface area contributed by atoms with Crippen LogP contribution in [0.3, 0.4) is 0 Å². The Labute approximate surface area is 189 Å². The van der Waals surface area contributed by atoms with E-state index in [1.165, 1.54) is 17.3 Å². The van der Waals surface area contributed by atoms with E-state index >= 15 is 0 Å². The van der Waals surface area contributed by atoms with Crippen LogP contribution in [0.25, 0.3) is 11.5 Å². The molecule has 1 fully saturated rings. The van der Waals surface area contributed by atoms with Crippen molar-refractivity contribution in [1.29, 1.82) is 0 Å². The predicted molar refractivity (Wildman–Crippen MR) is 120 cm³/mol. The van der Waals surface area contributed by atoms with Crippen molar-refractivity contribution in [2.24, 2.45) is 0 Å². The van der Waals surface area contributed by atoms with E-state index in [0.29, 0.717) is 37.3 Å². The van der Waals surface area contributed by atoms with Crippen LogP contribution in [0.1, 0.15) is 23.0 Å². The lowest BCUT2D eigenvalue weighted by atomic mass is 10.2. The maximum atomic E-state index is 5.88. The molecule has 0 radical (unpaired) electrons. The minimum Gasteiger partial charge on any atom is -0.466 e. The maximum Gasteiger partial charge on any atom is 0.251 e. The van der Waals surface area contributed by atoms with Gasteiger partial charge in [-0.1, -0.05) is 42.1 Å². The van der Waals surface area contributed by atoms with Gasteiger partial charge in [0.05, 0.1) is 31.1 Å². The zero-order valence-electron chi connectivity index (χ0n) is 18.0. The molecule has 0 saturated carbocycles. The van der Waals surface area contributed by atoms with E-state index in [2.05, 4.69) is 42.0 Å². The molecule has 4 aromatic rings. The molecule has 9 nitrogen and oxygen atoms in total. The second kappa shape index (κ2) is 9.17. The van der Waals surface area contributed by atoms with Crippen LogP contribution in [0, 0.1) is 13.8 Å². The van der Waals surface area contributed by atoms with E-state index in [-0.39, 0.29) is 0 Å². The molecule has 0 unspecified atom stereocenters. The van der Waals surface area contributed by atoms with Gasteiger partial charge in [-0.05, 0) is 25.5 Å². The Hall–Kier alpha value is -3.11. The first-order chi connectivity index (χ1) is 15.7. The second-order valence-corrected chi connectivity index (χ2v) is 8.51. The summed E-state index contributed by atoms with van der Waals surface area (Å²) in [4.78, 5) is 2.22. The summed E-state index contributed by atoms with van der Waals surface area (Å²) in [5.74, 6) is 3.94. The Bertz CT molecular complexity index is 1180. The SMILES string of the molecule is Cc1cc(-c2nnc(CSc3nnc(N4CCOCC4)n3Cc3ccccc3)o2)c(C)o1. The Balaban J connectivity index is 1.36. The minimum atomic E-state index is 0.467. The number of anilines is 1. The van der Waals surface area contributed by atoms with Crippen molar-refractivity contribution in [3.63, 3.8) is 0 Å². The molecule has 0 atom stereocenters. The lowest BCUT2D eigenvalue weighted by molar-refractivity contribution is 0.121. The maximum absolute atomic E-state index is 5.88. The number of ether oxygens (including phenoxy) is 1. The highest BCUT2D eigenvalue weighted by Crippen LogP contribution is 2.29. The molecule has 10 heteroatoms. The van der Waals surface area contributed by atoms with Crippen molar-refractivity contribution in [3.05, 3.63) is 59.4 Å². The quantitative estimate of drug-likeness (QED) is 0.389. The number of furan rings is 1. The normalized spacial score (nSPS) is 14.2. The van der Waals surface area contributed by atoms with Crippen LogP contribution in [-0.2, 0) is 17.0 Å². The number of aryl methyl sites for hydroxylation is 2. The van der Waals surface area contributed by atoms with Crippen LogP contribution in [0.2, 0.25) is 0 Å². The van der Waals surface area contributed by atoms with Crippen molar-refractivity contribution < 1.29 is 13.6 Å². The van der Waals surface area contributed by atoms with Gasteiger partial charge in [0.15, 0.2) is 5.16 Å². The van der Waals surface area contributed by atoms with Crippen LogP contribution in [-0.4, -0.2) is 51.3 Å². The molecule has 32 heavy (non-hydrogen) atoms. The van der Waals surface area contributed by atoms with E-state index in [9.17, 15) is 0 Å². The topological polar surface area (TPSA) is 95.2 Å². The standard InChI is InChI=1S/C22H24N6O3S/c1-15-12-18(16(2)30-15)20-24-23-19(31-20)14-32-22-26-25-21(27-8-10-29-11-9-27)28(22)13-17-6-4-3-5-7-17/h3-7,12H,8-11,13-14H2,1-2H3. The number of benzene rings is 1. The van der Waals surface area contributed by atoms with Crippen LogP contribution in [0.15, 0.2) is 50.4 Å². The van der Waals surface area contributed by atoms with E-state index in [1.54, 1.807) is 0 Å². The van der Waals surface area contributed by atoms with Gasteiger partial charge >= 0.3 is 0 Å². The molecular weight excluding hydrogens is 428 g/mol. The highest BCUT2D eigenvalue weighted by molar-refractivity contribution is 7.98. The first-order valence-corrected chi connectivity index (χ1v) is 11.5. The smallest absolute Gasteiger partial charge is 0.251 e. The van der Waals surface area contributed by atoms with Gasteiger partial charge in [0.2, 0.25) is 11.8 Å². The molecule has 4 heterocycles. The highest BCUT2D eigenvalue weighted by atomic mass is 32.2. The number of thioether (sulfide) groups is 1. The van der Waals surface area contributed by atoms with Gasteiger partial charge in [0.25, 0.3) is 5.89 Å². The number of nitrogens with zero attached hydrogens (tertiary/aromatic N) is 6. The highest BCUT2D eigenvalue weighted by Gasteiger charge is 2.22. The third-order valence-corrected chi connectivity index (χ3v) is 6.19. The van der Waals surface area contributed by atoms with Crippen molar-refractivity contribution in [3.8, 4) is 11.5 Å². The summed E-state index contributed by atoms with van der Waals surface area (Å²) in [5, 5.41) is 18.2. The fourth-order valence-electron chi connectivity index (χ4n) is 3.68. The zero-order valence-corrected chi connectivity index (χ0v) is 18.8. The number of aromatic nitrogens is 5. The van der Waals surface area contributed by atoms with Crippen molar-refractivity contribution in [1.82, 2.24) is 25.0 Å². The molecule has 1 saturated heterocycles. The molecule has 0 bridgehead atoms. The monoisotopic (exact) mass is 452 g/mol. The summed E-state index contributed by atoms with van der Waals surface area (Å²) in [6.45, 7) is 7.46. The Morgan fingerprint density at radius 3 is 2.53 bits per heavy atom. The van der Waals surface area contributed by atoms with E-state index < -0.39 is 0 Å². The molecule has 1 aliphatic heterocycles. The minimum absolute atomic E-state index is 0.467. The van der Waals surface area contributed by atoms with Crippen LogP contribution >= 0.6 is 11.8 Å². The Morgan fingerprint density at radius 2 is 1.78 bits per heavy atom. The Morgan fingerprint density at radius 1 is 0.969 bits per heavy atom.